The van der Waals surface area contributed by atoms with E-state index in [4.69, 9.17) is 0 Å². The van der Waals surface area contributed by atoms with E-state index < -0.39 is 10.0 Å². The fourth-order valence-corrected chi connectivity index (χ4v) is 4.08. The molecule has 0 aliphatic carbocycles. The third-order valence-corrected chi connectivity index (χ3v) is 5.52. The molecule has 21 heavy (non-hydrogen) atoms. The Morgan fingerprint density at radius 3 is 2.76 bits per heavy atom. The molecular formula is C14H18N4O2S. The Balaban J connectivity index is 1.80. The van der Waals surface area contributed by atoms with Crippen LogP contribution in [0, 0.1) is 13.8 Å². The second kappa shape index (κ2) is 5.23. The summed E-state index contributed by atoms with van der Waals surface area (Å²) in [6.45, 7) is 5.23. The highest BCUT2D eigenvalue weighted by Gasteiger charge is 2.28. The molecule has 1 aliphatic rings. The normalized spacial score (nSPS) is 15.9. The van der Waals surface area contributed by atoms with Gasteiger partial charge in [0.25, 0.3) is 0 Å². The fourth-order valence-electron chi connectivity index (χ4n) is 2.62. The van der Waals surface area contributed by atoms with E-state index in [0.717, 1.165) is 17.0 Å². The summed E-state index contributed by atoms with van der Waals surface area (Å²) in [5, 5.41) is 8.05. The van der Waals surface area contributed by atoms with Crippen LogP contribution in [-0.4, -0.2) is 34.0 Å². The summed E-state index contributed by atoms with van der Waals surface area (Å²) >= 11 is 0. The number of nitrogens with zero attached hydrogens (tertiary/aromatic N) is 4. The summed E-state index contributed by atoms with van der Waals surface area (Å²) in [4.78, 5) is 0. The van der Waals surface area contributed by atoms with Gasteiger partial charge in [0.15, 0.2) is 0 Å². The van der Waals surface area contributed by atoms with Gasteiger partial charge >= 0.3 is 0 Å². The zero-order valence-corrected chi connectivity index (χ0v) is 13.0. The number of rotatable bonds is 3. The highest BCUT2D eigenvalue weighted by molar-refractivity contribution is 7.88. The fraction of sp³-hybridized carbons (Fsp3) is 0.429. The predicted octanol–water partition coefficient (Wildman–Crippen LogP) is 1.24. The van der Waals surface area contributed by atoms with Crippen molar-refractivity contribution in [1.82, 2.24) is 19.1 Å². The van der Waals surface area contributed by atoms with Crippen molar-refractivity contribution in [3.8, 4) is 0 Å². The zero-order chi connectivity index (χ0) is 15.0. The van der Waals surface area contributed by atoms with Gasteiger partial charge in [-0.05, 0) is 19.4 Å². The first-order valence-corrected chi connectivity index (χ1v) is 8.49. The van der Waals surface area contributed by atoms with Crippen LogP contribution < -0.4 is 0 Å². The Bertz CT molecular complexity index is 767. The number of aromatic nitrogens is 3. The lowest BCUT2D eigenvalue weighted by atomic mass is 10.2. The lowest BCUT2D eigenvalue weighted by Gasteiger charge is -2.27. The second-order valence-corrected chi connectivity index (χ2v) is 7.36. The van der Waals surface area contributed by atoms with Crippen LogP contribution in [0.3, 0.4) is 0 Å². The standard InChI is InChI=1S/C14H18N4O2S/c1-11-4-3-5-13(8-11)10-21(19,20)17-6-7-18-12(2)15-16-14(18)9-17/h3-5,8H,6-7,9-10H2,1-2H3. The van der Waals surface area contributed by atoms with Gasteiger partial charge in [-0.2, -0.15) is 4.31 Å². The minimum absolute atomic E-state index is 0.0296. The minimum atomic E-state index is -3.33. The molecule has 2 heterocycles. The molecule has 1 aromatic carbocycles. The molecule has 0 atom stereocenters. The van der Waals surface area contributed by atoms with Crippen molar-refractivity contribution in [3.05, 3.63) is 47.0 Å². The Kier molecular flexibility index (Phi) is 3.54. The summed E-state index contributed by atoms with van der Waals surface area (Å²) < 4.78 is 28.6. The molecule has 0 fully saturated rings. The van der Waals surface area contributed by atoms with E-state index in [-0.39, 0.29) is 5.75 Å². The molecule has 0 N–H and O–H groups in total. The first kappa shape index (κ1) is 14.2. The maximum absolute atomic E-state index is 12.6. The molecule has 0 saturated carbocycles. The van der Waals surface area contributed by atoms with E-state index in [1.807, 2.05) is 42.7 Å². The first-order chi connectivity index (χ1) is 9.95. The zero-order valence-electron chi connectivity index (χ0n) is 12.2. The minimum Gasteiger partial charge on any atom is -0.313 e. The molecule has 112 valence electrons. The van der Waals surface area contributed by atoms with Gasteiger partial charge in [0.05, 0.1) is 12.3 Å². The topological polar surface area (TPSA) is 68.1 Å². The molecule has 0 spiro atoms. The average molecular weight is 306 g/mol. The number of benzene rings is 1. The highest BCUT2D eigenvalue weighted by atomic mass is 32.2. The van der Waals surface area contributed by atoms with Crippen LogP contribution in [0.5, 0.6) is 0 Å². The second-order valence-electron chi connectivity index (χ2n) is 5.39. The van der Waals surface area contributed by atoms with Crippen molar-refractivity contribution in [2.24, 2.45) is 0 Å². The quantitative estimate of drug-likeness (QED) is 0.855. The molecule has 0 amide bonds. The monoisotopic (exact) mass is 306 g/mol. The first-order valence-electron chi connectivity index (χ1n) is 6.88. The van der Waals surface area contributed by atoms with Crippen molar-refractivity contribution in [1.29, 1.82) is 0 Å². The summed E-state index contributed by atoms with van der Waals surface area (Å²) in [5.74, 6) is 1.58. The molecule has 2 aromatic rings. The van der Waals surface area contributed by atoms with Crippen LogP contribution in [0.15, 0.2) is 24.3 Å². The molecule has 0 unspecified atom stereocenters. The molecule has 6 nitrogen and oxygen atoms in total. The molecule has 0 radical (unpaired) electrons. The van der Waals surface area contributed by atoms with Crippen LogP contribution >= 0.6 is 0 Å². The molecule has 3 rings (SSSR count). The Morgan fingerprint density at radius 1 is 1.19 bits per heavy atom. The maximum atomic E-state index is 12.6. The third kappa shape index (κ3) is 2.84. The van der Waals surface area contributed by atoms with Crippen LogP contribution in [-0.2, 0) is 28.9 Å². The van der Waals surface area contributed by atoms with Crippen molar-refractivity contribution in [2.75, 3.05) is 6.54 Å². The van der Waals surface area contributed by atoms with Gasteiger partial charge in [0.2, 0.25) is 10.0 Å². The molecule has 1 aliphatic heterocycles. The molecule has 0 bridgehead atoms. The van der Waals surface area contributed by atoms with Crippen LogP contribution in [0.25, 0.3) is 0 Å². The SMILES string of the molecule is Cc1cccc(CS(=O)(=O)N2CCn3c(C)nnc3C2)c1. The van der Waals surface area contributed by atoms with Crippen molar-refractivity contribution in [2.45, 2.75) is 32.7 Å². The van der Waals surface area contributed by atoms with Crippen LogP contribution in [0.4, 0.5) is 0 Å². The summed E-state index contributed by atoms with van der Waals surface area (Å²) in [5.41, 5.74) is 1.88. The Morgan fingerprint density at radius 2 is 2.00 bits per heavy atom. The molecule has 1 aromatic heterocycles. The van der Waals surface area contributed by atoms with Crippen molar-refractivity contribution < 1.29 is 8.42 Å². The molecule has 0 saturated heterocycles. The van der Waals surface area contributed by atoms with E-state index in [0.29, 0.717) is 25.5 Å². The number of hydrogen-bond acceptors (Lipinski definition) is 4. The Hall–Kier alpha value is -1.73. The smallest absolute Gasteiger partial charge is 0.218 e. The number of fused-ring (bicyclic) bond motifs is 1. The number of sulfonamides is 1. The van der Waals surface area contributed by atoms with Crippen molar-refractivity contribution in [3.63, 3.8) is 0 Å². The largest absolute Gasteiger partial charge is 0.313 e. The molecular weight excluding hydrogens is 288 g/mol. The van der Waals surface area contributed by atoms with E-state index >= 15 is 0 Å². The van der Waals surface area contributed by atoms with E-state index in [1.165, 1.54) is 4.31 Å². The van der Waals surface area contributed by atoms with E-state index in [1.54, 1.807) is 0 Å². The summed E-state index contributed by atoms with van der Waals surface area (Å²) in [6, 6.07) is 7.61. The van der Waals surface area contributed by atoms with Crippen molar-refractivity contribution >= 4 is 10.0 Å². The number of aryl methyl sites for hydroxylation is 2. The molecule has 7 heteroatoms. The van der Waals surface area contributed by atoms with E-state index in [2.05, 4.69) is 10.2 Å². The maximum Gasteiger partial charge on any atom is 0.218 e. The predicted molar refractivity (Wildman–Crippen MR) is 79.0 cm³/mol. The van der Waals surface area contributed by atoms with Gasteiger partial charge in [-0.1, -0.05) is 29.8 Å². The summed E-state index contributed by atoms with van der Waals surface area (Å²) in [7, 11) is -3.33. The van der Waals surface area contributed by atoms with E-state index in [9.17, 15) is 8.42 Å². The van der Waals surface area contributed by atoms with Crippen LogP contribution in [0.1, 0.15) is 22.8 Å². The highest BCUT2D eigenvalue weighted by Crippen LogP contribution is 2.18. The van der Waals surface area contributed by atoms with Gasteiger partial charge in [0, 0.05) is 13.1 Å². The Labute approximate surface area is 124 Å². The lowest BCUT2D eigenvalue weighted by Crippen LogP contribution is -2.39. The summed E-state index contributed by atoms with van der Waals surface area (Å²) in [6.07, 6.45) is 0. The van der Waals surface area contributed by atoms with Gasteiger partial charge in [-0.15, -0.1) is 10.2 Å². The lowest BCUT2D eigenvalue weighted by molar-refractivity contribution is 0.333. The number of hydrogen-bond donors (Lipinski definition) is 0. The van der Waals surface area contributed by atoms with Gasteiger partial charge in [-0.25, -0.2) is 8.42 Å². The third-order valence-electron chi connectivity index (χ3n) is 3.73. The van der Waals surface area contributed by atoms with Gasteiger partial charge < -0.3 is 4.57 Å². The van der Waals surface area contributed by atoms with Gasteiger partial charge in [-0.3, -0.25) is 0 Å². The van der Waals surface area contributed by atoms with Gasteiger partial charge in [0.1, 0.15) is 11.6 Å². The average Bonchev–Trinajstić information content (AvgIpc) is 2.79. The van der Waals surface area contributed by atoms with Crippen LogP contribution in [0.2, 0.25) is 0 Å².